The fourth-order valence-corrected chi connectivity index (χ4v) is 3.04. The molecule has 0 aromatic carbocycles. The Labute approximate surface area is 124 Å². The highest BCUT2D eigenvalue weighted by atomic mass is 16.3. The van der Waals surface area contributed by atoms with Gasteiger partial charge in [-0.1, -0.05) is 6.07 Å². The van der Waals surface area contributed by atoms with E-state index < -0.39 is 6.23 Å². The first-order valence-electron chi connectivity index (χ1n) is 7.56. The molecule has 0 aliphatic carbocycles. The van der Waals surface area contributed by atoms with E-state index in [2.05, 4.69) is 27.4 Å². The number of aliphatic hydroxyl groups excluding tert-OH is 1. The fourth-order valence-electron chi connectivity index (χ4n) is 3.04. The summed E-state index contributed by atoms with van der Waals surface area (Å²) < 4.78 is 0. The Kier molecular flexibility index (Phi) is 4.07. The summed E-state index contributed by atoms with van der Waals surface area (Å²) in [6.45, 7) is 5.03. The first-order chi connectivity index (χ1) is 10.1. The zero-order valence-corrected chi connectivity index (χ0v) is 12.2. The van der Waals surface area contributed by atoms with Crippen LogP contribution in [0.1, 0.15) is 31.2 Å². The van der Waals surface area contributed by atoms with Crippen LogP contribution in [0.4, 0.5) is 5.82 Å². The number of nitrogens with one attached hydrogen (secondary N) is 2. The molecule has 3 N–H and O–H groups in total. The molecule has 1 amide bonds. The zero-order chi connectivity index (χ0) is 14.8. The Morgan fingerprint density at radius 3 is 2.90 bits per heavy atom. The van der Waals surface area contributed by atoms with Crippen LogP contribution < -0.4 is 15.5 Å². The number of aliphatic hydroxyl groups is 1. The standard InChI is InChI=1S/C15H22N4O2/c1-10-9-19(7-6-16-10)13-4-2-11(8-17-13)12-3-5-14(20)18-15(12)21/h2,4,8,10,12,14,16,20H,3,5-7,9H2,1H3,(H,18,21)/t10-,12?,14?/m1/s1. The third-order valence-corrected chi connectivity index (χ3v) is 4.22. The van der Waals surface area contributed by atoms with Gasteiger partial charge in [0.05, 0.1) is 5.92 Å². The van der Waals surface area contributed by atoms with Crippen LogP contribution >= 0.6 is 0 Å². The first-order valence-corrected chi connectivity index (χ1v) is 7.56. The molecule has 1 aromatic rings. The highest BCUT2D eigenvalue weighted by Crippen LogP contribution is 2.26. The second-order valence-electron chi connectivity index (χ2n) is 5.91. The smallest absolute Gasteiger partial charge is 0.229 e. The van der Waals surface area contributed by atoms with Crippen molar-refractivity contribution in [2.75, 3.05) is 24.5 Å². The lowest BCUT2D eigenvalue weighted by atomic mass is 9.91. The van der Waals surface area contributed by atoms with Crippen molar-refractivity contribution in [3.8, 4) is 0 Å². The molecule has 2 fully saturated rings. The average molecular weight is 290 g/mol. The van der Waals surface area contributed by atoms with Crippen molar-refractivity contribution in [1.82, 2.24) is 15.6 Å². The minimum Gasteiger partial charge on any atom is -0.374 e. The van der Waals surface area contributed by atoms with Gasteiger partial charge in [0, 0.05) is 31.9 Å². The largest absolute Gasteiger partial charge is 0.374 e. The Balaban J connectivity index is 1.70. The van der Waals surface area contributed by atoms with Gasteiger partial charge in [-0.3, -0.25) is 4.79 Å². The topological polar surface area (TPSA) is 77.5 Å². The molecule has 6 heteroatoms. The quantitative estimate of drug-likeness (QED) is 0.725. The maximum atomic E-state index is 11.9. The van der Waals surface area contributed by atoms with Crippen LogP contribution in [0.3, 0.4) is 0 Å². The lowest BCUT2D eigenvalue weighted by Crippen LogP contribution is -2.49. The molecular weight excluding hydrogens is 268 g/mol. The van der Waals surface area contributed by atoms with Crippen molar-refractivity contribution in [1.29, 1.82) is 0 Å². The summed E-state index contributed by atoms with van der Waals surface area (Å²) >= 11 is 0. The van der Waals surface area contributed by atoms with Crippen LogP contribution in [-0.2, 0) is 4.79 Å². The van der Waals surface area contributed by atoms with Crippen LogP contribution in [0.15, 0.2) is 18.3 Å². The molecule has 3 heterocycles. The predicted molar refractivity (Wildman–Crippen MR) is 80.0 cm³/mol. The maximum Gasteiger partial charge on any atom is 0.229 e. The lowest BCUT2D eigenvalue weighted by molar-refractivity contribution is -0.128. The van der Waals surface area contributed by atoms with Gasteiger partial charge in [-0.15, -0.1) is 0 Å². The van der Waals surface area contributed by atoms with E-state index in [0.29, 0.717) is 18.9 Å². The lowest BCUT2D eigenvalue weighted by Gasteiger charge is -2.33. The molecule has 0 saturated carbocycles. The third kappa shape index (κ3) is 3.16. The van der Waals surface area contributed by atoms with E-state index in [1.54, 1.807) is 6.20 Å². The fraction of sp³-hybridized carbons (Fsp3) is 0.600. The SMILES string of the molecule is C[C@@H]1CN(c2ccc(C3CCC(O)NC3=O)cn2)CCN1. The second-order valence-corrected chi connectivity index (χ2v) is 5.91. The number of hydrogen-bond donors (Lipinski definition) is 3. The summed E-state index contributed by atoms with van der Waals surface area (Å²) in [6, 6.07) is 4.44. The maximum absolute atomic E-state index is 11.9. The molecule has 2 saturated heterocycles. The summed E-state index contributed by atoms with van der Waals surface area (Å²) in [5.74, 6) is 0.652. The number of amides is 1. The van der Waals surface area contributed by atoms with Gasteiger partial charge in [0.1, 0.15) is 12.0 Å². The number of carbonyl (C=O) groups excluding carboxylic acids is 1. The average Bonchev–Trinajstić information content (AvgIpc) is 2.47. The molecule has 3 atom stereocenters. The third-order valence-electron chi connectivity index (χ3n) is 4.22. The minimum absolute atomic E-state index is 0.112. The number of piperazine rings is 1. The number of piperidine rings is 1. The van der Waals surface area contributed by atoms with Crippen LogP contribution in [-0.4, -0.2) is 47.9 Å². The summed E-state index contributed by atoms with van der Waals surface area (Å²) in [5, 5.41) is 15.4. The molecule has 2 unspecified atom stereocenters. The molecule has 1 aromatic heterocycles. The molecule has 6 nitrogen and oxygen atoms in total. The number of aromatic nitrogens is 1. The van der Waals surface area contributed by atoms with Crippen LogP contribution in [0.25, 0.3) is 0 Å². The highest BCUT2D eigenvalue weighted by molar-refractivity contribution is 5.84. The van der Waals surface area contributed by atoms with E-state index in [4.69, 9.17) is 0 Å². The summed E-state index contributed by atoms with van der Waals surface area (Å²) in [4.78, 5) is 18.7. The highest BCUT2D eigenvalue weighted by Gasteiger charge is 2.28. The number of carbonyl (C=O) groups is 1. The van der Waals surface area contributed by atoms with E-state index in [1.165, 1.54) is 0 Å². The summed E-state index contributed by atoms with van der Waals surface area (Å²) in [7, 11) is 0. The van der Waals surface area contributed by atoms with E-state index in [0.717, 1.165) is 31.0 Å². The molecular formula is C15H22N4O2. The summed E-state index contributed by atoms with van der Waals surface area (Å²) in [5.41, 5.74) is 0.923. The van der Waals surface area contributed by atoms with E-state index in [9.17, 15) is 9.90 Å². The van der Waals surface area contributed by atoms with Crippen molar-refractivity contribution in [3.05, 3.63) is 23.9 Å². The van der Waals surface area contributed by atoms with Gasteiger partial charge in [0.25, 0.3) is 0 Å². The second kappa shape index (κ2) is 5.99. The van der Waals surface area contributed by atoms with E-state index in [1.807, 2.05) is 12.1 Å². The van der Waals surface area contributed by atoms with Gasteiger partial charge < -0.3 is 20.6 Å². The van der Waals surface area contributed by atoms with Gasteiger partial charge in [-0.25, -0.2) is 4.98 Å². The van der Waals surface area contributed by atoms with Crippen LogP contribution in [0, 0.1) is 0 Å². The zero-order valence-electron chi connectivity index (χ0n) is 12.2. The molecule has 3 rings (SSSR count). The molecule has 114 valence electrons. The minimum atomic E-state index is -0.705. The van der Waals surface area contributed by atoms with E-state index >= 15 is 0 Å². The Hall–Kier alpha value is -1.66. The molecule has 2 aliphatic heterocycles. The Morgan fingerprint density at radius 2 is 2.24 bits per heavy atom. The summed E-state index contributed by atoms with van der Waals surface area (Å²) in [6.07, 6.45) is 2.35. The van der Waals surface area contributed by atoms with Crippen molar-refractivity contribution in [2.45, 2.75) is 38.0 Å². The first kappa shape index (κ1) is 14.3. The molecule has 0 radical (unpaired) electrons. The number of nitrogens with zero attached hydrogens (tertiary/aromatic N) is 2. The van der Waals surface area contributed by atoms with Crippen LogP contribution in [0.2, 0.25) is 0 Å². The van der Waals surface area contributed by atoms with Gasteiger partial charge in [0.15, 0.2) is 0 Å². The Bertz CT molecular complexity index is 505. The van der Waals surface area contributed by atoms with Gasteiger partial charge >= 0.3 is 0 Å². The molecule has 21 heavy (non-hydrogen) atoms. The Morgan fingerprint density at radius 1 is 1.38 bits per heavy atom. The molecule has 2 aliphatic rings. The van der Waals surface area contributed by atoms with Gasteiger partial charge in [-0.2, -0.15) is 0 Å². The monoisotopic (exact) mass is 290 g/mol. The van der Waals surface area contributed by atoms with Crippen molar-refractivity contribution in [2.24, 2.45) is 0 Å². The van der Waals surface area contributed by atoms with Gasteiger partial charge in [-0.05, 0) is 31.4 Å². The van der Waals surface area contributed by atoms with Crippen molar-refractivity contribution >= 4 is 11.7 Å². The number of hydrogen-bond acceptors (Lipinski definition) is 5. The van der Waals surface area contributed by atoms with Crippen LogP contribution in [0.5, 0.6) is 0 Å². The van der Waals surface area contributed by atoms with E-state index in [-0.39, 0.29) is 11.8 Å². The van der Waals surface area contributed by atoms with Gasteiger partial charge in [0.2, 0.25) is 5.91 Å². The predicted octanol–water partition coefficient (Wildman–Crippen LogP) is 0.192. The number of pyridine rings is 1. The normalized spacial score (nSPS) is 30.1. The number of rotatable bonds is 2. The molecule has 0 bridgehead atoms. The van der Waals surface area contributed by atoms with Crippen molar-refractivity contribution in [3.63, 3.8) is 0 Å². The van der Waals surface area contributed by atoms with Crippen molar-refractivity contribution < 1.29 is 9.90 Å². The number of anilines is 1. The molecule has 0 spiro atoms.